The number of para-hydroxylation sites is 1. The maximum Gasteiger partial charge on any atom is 0.124 e. The Kier molecular flexibility index (Phi) is 4.30. The quantitative estimate of drug-likeness (QED) is 0.840. The lowest BCUT2D eigenvalue weighted by atomic mass is 9.98. The van der Waals surface area contributed by atoms with Gasteiger partial charge in [-0.1, -0.05) is 38.0 Å². The van der Waals surface area contributed by atoms with Crippen LogP contribution in [0, 0.1) is 17.8 Å². The van der Waals surface area contributed by atoms with E-state index >= 15 is 0 Å². The second kappa shape index (κ2) is 6.17. The van der Waals surface area contributed by atoms with E-state index in [-0.39, 0.29) is 0 Å². The van der Waals surface area contributed by atoms with E-state index in [0.717, 1.165) is 36.7 Å². The van der Waals surface area contributed by atoms with Gasteiger partial charge < -0.3 is 10.1 Å². The molecule has 0 heterocycles. The summed E-state index contributed by atoms with van der Waals surface area (Å²) in [5.74, 6) is 3.83. The number of fused-ring (bicyclic) bond motifs is 1. The van der Waals surface area contributed by atoms with Crippen LogP contribution < -0.4 is 10.1 Å². The lowest BCUT2D eigenvalue weighted by Crippen LogP contribution is -2.24. The highest BCUT2D eigenvalue weighted by atomic mass is 16.5. The van der Waals surface area contributed by atoms with Crippen molar-refractivity contribution in [3.05, 3.63) is 29.8 Å². The Balaban J connectivity index is 1.83. The summed E-state index contributed by atoms with van der Waals surface area (Å²) in [5.41, 5.74) is 1.37. The van der Waals surface area contributed by atoms with Gasteiger partial charge in [0.2, 0.25) is 0 Å². The second-order valence-electron chi connectivity index (χ2n) is 6.20. The molecule has 3 unspecified atom stereocenters. The predicted molar refractivity (Wildman–Crippen MR) is 83.0 cm³/mol. The molecule has 2 aliphatic rings. The lowest BCUT2D eigenvalue weighted by molar-refractivity contribution is 0.326. The molecule has 0 aliphatic heterocycles. The molecule has 20 heavy (non-hydrogen) atoms. The normalized spacial score (nSPS) is 29.6. The zero-order chi connectivity index (χ0) is 13.9. The Bertz CT molecular complexity index is 433. The van der Waals surface area contributed by atoms with E-state index in [9.17, 15) is 0 Å². The van der Waals surface area contributed by atoms with Gasteiger partial charge in [-0.05, 0) is 50.1 Å². The third kappa shape index (κ3) is 2.58. The molecular formula is C18H27NO. The Morgan fingerprint density at radius 1 is 1.15 bits per heavy atom. The minimum atomic E-state index is 0.482. The SMILES string of the molecule is CCNC(c1ccccc1OCC)C1C2CCCCC21. The monoisotopic (exact) mass is 273 g/mol. The van der Waals surface area contributed by atoms with E-state index < -0.39 is 0 Å². The van der Waals surface area contributed by atoms with Crippen molar-refractivity contribution in [3.63, 3.8) is 0 Å². The van der Waals surface area contributed by atoms with Crippen molar-refractivity contribution in [2.45, 2.75) is 45.6 Å². The molecule has 2 heteroatoms. The molecule has 0 amide bonds. The predicted octanol–water partition coefficient (Wildman–Crippen LogP) is 4.17. The number of hydrogen-bond acceptors (Lipinski definition) is 2. The summed E-state index contributed by atoms with van der Waals surface area (Å²) in [7, 11) is 0. The smallest absolute Gasteiger partial charge is 0.124 e. The van der Waals surface area contributed by atoms with Crippen molar-refractivity contribution in [2.75, 3.05) is 13.2 Å². The maximum atomic E-state index is 5.86. The average Bonchev–Trinajstić information content (AvgIpc) is 3.20. The number of benzene rings is 1. The topological polar surface area (TPSA) is 21.3 Å². The minimum Gasteiger partial charge on any atom is -0.494 e. The summed E-state index contributed by atoms with van der Waals surface area (Å²) < 4.78 is 5.86. The molecule has 2 saturated carbocycles. The first-order valence-electron chi connectivity index (χ1n) is 8.32. The molecule has 2 fully saturated rings. The standard InChI is InChI=1S/C18H27NO/c1-3-19-18(17-13-9-5-6-10-14(13)17)15-11-7-8-12-16(15)20-4-2/h7-8,11-14,17-19H,3-6,9-10H2,1-2H3. The zero-order valence-electron chi connectivity index (χ0n) is 12.8. The first-order chi connectivity index (χ1) is 9.86. The number of nitrogens with one attached hydrogen (secondary N) is 1. The van der Waals surface area contributed by atoms with Crippen LogP contribution in [0.25, 0.3) is 0 Å². The van der Waals surface area contributed by atoms with Gasteiger partial charge in [-0.3, -0.25) is 0 Å². The molecule has 1 N–H and O–H groups in total. The molecule has 1 aromatic rings. The molecule has 1 aromatic carbocycles. The Morgan fingerprint density at radius 3 is 2.50 bits per heavy atom. The van der Waals surface area contributed by atoms with Crippen molar-refractivity contribution < 1.29 is 4.74 Å². The number of hydrogen-bond donors (Lipinski definition) is 1. The molecule has 3 rings (SSSR count). The first-order valence-corrected chi connectivity index (χ1v) is 8.32. The largest absolute Gasteiger partial charge is 0.494 e. The van der Waals surface area contributed by atoms with Crippen LogP contribution in [0.15, 0.2) is 24.3 Å². The summed E-state index contributed by atoms with van der Waals surface area (Å²) >= 11 is 0. The van der Waals surface area contributed by atoms with Crippen molar-refractivity contribution in [1.29, 1.82) is 0 Å². The van der Waals surface area contributed by atoms with Crippen LogP contribution in [-0.4, -0.2) is 13.2 Å². The van der Waals surface area contributed by atoms with Gasteiger partial charge in [0, 0.05) is 11.6 Å². The molecule has 0 spiro atoms. The van der Waals surface area contributed by atoms with Gasteiger partial charge in [-0.15, -0.1) is 0 Å². The molecule has 0 bridgehead atoms. The molecule has 2 nitrogen and oxygen atoms in total. The van der Waals surface area contributed by atoms with E-state index in [1.54, 1.807) is 0 Å². The van der Waals surface area contributed by atoms with Gasteiger partial charge in [0.25, 0.3) is 0 Å². The van der Waals surface area contributed by atoms with E-state index in [1.165, 1.54) is 31.2 Å². The van der Waals surface area contributed by atoms with Gasteiger partial charge in [-0.25, -0.2) is 0 Å². The highest BCUT2D eigenvalue weighted by Gasteiger charge is 2.54. The Hall–Kier alpha value is -1.02. The van der Waals surface area contributed by atoms with E-state index in [1.807, 2.05) is 0 Å². The summed E-state index contributed by atoms with van der Waals surface area (Å²) in [5, 5.41) is 3.74. The molecule has 0 radical (unpaired) electrons. The first kappa shape index (κ1) is 13.9. The zero-order valence-corrected chi connectivity index (χ0v) is 12.8. The van der Waals surface area contributed by atoms with Crippen LogP contribution in [-0.2, 0) is 0 Å². The van der Waals surface area contributed by atoms with Crippen LogP contribution in [0.5, 0.6) is 5.75 Å². The van der Waals surface area contributed by atoms with Crippen molar-refractivity contribution in [1.82, 2.24) is 5.32 Å². The minimum absolute atomic E-state index is 0.482. The molecular weight excluding hydrogens is 246 g/mol. The number of rotatable bonds is 6. The van der Waals surface area contributed by atoms with Gasteiger partial charge in [0.15, 0.2) is 0 Å². The van der Waals surface area contributed by atoms with Crippen LogP contribution in [0.4, 0.5) is 0 Å². The summed E-state index contributed by atoms with van der Waals surface area (Å²) in [6, 6.07) is 9.08. The highest BCUT2D eigenvalue weighted by Crippen LogP contribution is 2.60. The van der Waals surface area contributed by atoms with Gasteiger partial charge >= 0.3 is 0 Å². The highest BCUT2D eigenvalue weighted by molar-refractivity contribution is 5.37. The fourth-order valence-electron chi connectivity index (χ4n) is 4.24. The molecule has 0 aromatic heterocycles. The number of ether oxygens (including phenoxy) is 1. The third-order valence-electron chi connectivity index (χ3n) is 5.09. The van der Waals surface area contributed by atoms with Crippen molar-refractivity contribution >= 4 is 0 Å². The van der Waals surface area contributed by atoms with Crippen molar-refractivity contribution in [2.24, 2.45) is 17.8 Å². The van der Waals surface area contributed by atoms with E-state index in [4.69, 9.17) is 4.74 Å². The maximum absolute atomic E-state index is 5.86. The van der Waals surface area contributed by atoms with Crippen LogP contribution in [0.1, 0.15) is 51.1 Å². The van der Waals surface area contributed by atoms with Crippen LogP contribution in [0.2, 0.25) is 0 Å². The second-order valence-corrected chi connectivity index (χ2v) is 6.20. The molecule has 2 aliphatic carbocycles. The van der Waals surface area contributed by atoms with Crippen molar-refractivity contribution in [3.8, 4) is 5.75 Å². The average molecular weight is 273 g/mol. The van der Waals surface area contributed by atoms with Gasteiger partial charge in [0.1, 0.15) is 5.75 Å². The van der Waals surface area contributed by atoms with Crippen LogP contribution >= 0.6 is 0 Å². The fraction of sp³-hybridized carbons (Fsp3) is 0.667. The summed E-state index contributed by atoms with van der Waals surface area (Å²) in [6.07, 6.45) is 5.75. The van der Waals surface area contributed by atoms with Gasteiger partial charge in [-0.2, -0.15) is 0 Å². The summed E-state index contributed by atoms with van der Waals surface area (Å²) in [6.45, 7) is 6.05. The van der Waals surface area contributed by atoms with Gasteiger partial charge in [0.05, 0.1) is 6.61 Å². The van der Waals surface area contributed by atoms with E-state index in [0.29, 0.717) is 6.04 Å². The molecule has 110 valence electrons. The molecule has 0 saturated heterocycles. The van der Waals surface area contributed by atoms with E-state index in [2.05, 4.69) is 43.4 Å². The fourth-order valence-corrected chi connectivity index (χ4v) is 4.24. The Morgan fingerprint density at radius 2 is 1.85 bits per heavy atom. The lowest BCUT2D eigenvalue weighted by Gasteiger charge is -2.22. The molecule has 3 atom stereocenters. The van der Waals surface area contributed by atoms with Crippen LogP contribution in [0.3, 0.4) is 0 Å². The Labute approximate surface area is 122 Å². The summed E-state index contributed by atoms with van der Waals surface area (Å²) in [4.78, 5) is 0. The third-order valence-corrected chi connectivity index (χ3v) is 5.09.